The van der Waals surface area contributed by atoms with Crippen LogP contribution in [-0.4, -0.2) is 50.4 Å². The van der Waals surface area contributed by atoms with Crippen LogP contribution >= 0.6 is 0 Å². The number of rotatable bonds is 7. The molecule has 2 rings (SSSR count). The summed E-state index contributed by atoms with van der Waals surface area (Å²) in [6.45, 7) is 2.66. The van der Waals surface area contributed by atoms with Gasteiger partial charge in [-0.15, -0.1) is 0 Å². The van der Waals surface area contributed by atoms with Crippen LogP contribution in [0.4, 0.5) is 0 Å². The first-order valence-electron chi connectivity index (χ1n) is 8.28. The highest BCUT2D eigenvalue weighted by molar-refractivity contribution is 7.91. The first kappa shape index (κ1) is 18.5. The lowest BCUT2D eigenvalue weighted by Crippen LogP contribution is -2.40. The number of carbonyl (C=O) groups excluding carboxylic acids is 1. The van der Waals surface area contributed by atoms with Crippen LogP contribution in [0.25, 0.3) is 6.08 Å². The number of benzene rings is 1. The molecule has 1 heterocycles. The molecule has 0 bridgehead atoms. The second-order valence-corrected chi connectivity index (χ2v) is 8.28. The topological polar surface area (TPSA) is 63.7 Å². The molecule has 1 atom stereocenters. The van der Waals surface area contributed by atoms with Crippen molar-refractivity contribution in [2.75, 3.05) is 25.2 Å². The molecule has 0 saturated carbocycles. The summed E-state index contributed by atoms with van der Waals surface area (Å²) < 4.78 is 28.5. The molecule has 1 aliphatic rings. The molecule has 1 fully saturated rings. The minimum atomic E-state index is -3.01. The van der Waals surface area contributed by atoms with Crippen molar-refractivity contribution in [2.24, 2.45) is 0 Å². The average Bonchev–Trinajstić information content (AvgIpc) is 2.93. The Kier molecular flexibility index (Phi) is 6.43. The SMILES string of the molecule is CCCCN(C(=O)/C=C/c1ccc(OC)cc1)[C@H]1CCS(=O)(=O)C1. The van der Waals surface area contributed by atoms with Crippen LogP contribution < -0.4 is 4.74 Å². The van der Waals surface area contributed by atoms with Gasteiger partial charge in [0.25, 0.3) is 0 Å². The maximum absolute atomic E-state index is 12.6. The van der Waals surface area contributed by atoms with E-state index in [0.29, 0.717) is 13.0 Å². The van der Waals surface area contributed by atoms with E-state index in [1.54, 1.807) is 18.1 Å². The van der Waals surface area contributed by atoms with Crippen molar-refractivity contribution in [2.45, 2.75) is 32.2 Å². The summed E-state index contributed by atoms with van der Waals surface area (Å²) in [5.74, 6) is 0.898. The normalized spacial score (nSPS) is 19.5. The third-order valence-electron chi connectivity index (χ3n) is 4.22. The molecule has 24 heavy (non-hydrogen) atoms. The van der Waals surface area contributed by atoms with Gasteiger partial charge in [-0.2, -0.15) is 0 Å². The Bertz CT molecular complexity index is 679. The van der Waals surface area contributed by atoms with Gasteiger partial charge in [0.1, 0.15) is 5.75 Å². The molecular formula is C18H25NO4S. The molecule has 1 aromatic carbocycles. The van der Waals surface area contributed by atoms with Crippen molar-refractivity contribution < 1.29 is 17.9 Å². The molecule has 0 radical (unpaired) electrons. The molecule has 1 aliphatic heterocycles. The predicted octanol–water partition coefficient (Wildman–Crippen LogP) is 2.52. The Morgan fingerprint density at radius 1 is 1.33 bits per heavy atom. The van der Waals surface area contributed by atoms with Gasteiger partial charge < -0.3 is 9.64 Å². The molecule has 6 heteroatoms. The van der Waals surface area contributed by atoms with Crippen molar-refractivity contribution in [3.8, 4) is 5.75 Å². The molecule has 0 unspecified atom stereocenters. The van der Waals surface area contributed by atoms with E-state index in [1.165, 1.54) is 6.08 Å². The first-order valence-corrected chi connectivity index (χ1v) is 10.1. The van der Waals surface area contributed by atoms with E-state index < -0.39 is 9.84 Å². The summed E-state index contributed by atoms with van der Waals surface area (Å²) in [7, 11) is -1.40. The summed E-state index contributed by atoms with van der Waals surface area (Å²) in [6.07, 6.45) is 5.66. The van der Waals surface area contributed by atoms with Crippen LogP contribution in [0.3, 0.4) is 0 Å². The van der Waals surface area contributed by atoms with E-state index in [1.807, 2.05) is 24.3 Å². The largest absolute Gasteiger partial charge is 0.497 e. The quantitative estimate of drug-likeness (QED) is 0.708. The lowest BCUT2D eigenvalue weighted by Gasteiger charge is -2.27. The van der Waals surface area contributed by atoms with Gasteiger partial charge in [0.05, 0.1) is 18.6 Å². The van der Waals surface area contributed by atoms with Gasteiger partial charge >= 0.3 is 0 Å². The third kappa shape index (κ3) is 5.09. The summed E-state index contributed by atoms with van der Waals surface area (Å²) in [5.41, 5.74) is 0.902. The second-order valence-electron chi connectivity index (χ2n) is 6.05. The van der Waals surface area contributed by atoms with Crippen molar-refractivity contribution in [1.82, 2.24) is 4.90 Å². The molecule has 0 aliphatic carbocycles. The smallest absolute Gasteiger partial charge is 0.246 e. The molecule has 5 nitrogen and oxygen atoms in total. The van der Waals surface area contributed by atoms with Gasteiger partial charge in [0, 0.05) is 18.7 Å². The number of methoxy groups -OCH3 is 1. The Labute approximate surface area is 144 Å². The van der Waals surface area contributed by atoms with Crippen molar-refractivity contribution in [3.05, 3.63) is 35.9 Å². The minimum absolute atomic E-state index is 0.0822. The number of hydrogen-bond acceptors (Lipinski definition) is 4. The van der Waals surface area contributed by atoms with E-state index >= 15 is 0 Å². The van der Waals surface area contributed by atoms with E-state index in [2.05, 4.69) is 6.92 Å². The highest BCUT2D eigenvalue weighted by Gasteiger charge is 2.33. The monoisotopic (exact) mass is 351 g/mol. The van der Waals surface area contributed by atoms with Gasteiger partial charge in [-0.1, -0.05) is 25.5 Å². The van der Waals surface area contributed by atoms with Crippen molar-refractivity contribution >= 4 is 21.8 Å². The summed E-state index contributed by atoms with van der Waals surface area (Å²) >= 11 is 0. The number of unbranched alkanes of at least 4 members (excludes halogenated alkanes) is 1. The number of nitrogens with zero attached hydrogens (tertiary/aromatic N) is 1. The molecule has 1 amide bonds. The van der Waals surface area contributed by atoms with Crippen LogP contribution in [0.1, 0.15) is 31.7 Å². The van der Waals surface area contributed by atoms with Crippen LogP contribution in [0, 0.1) is 0 Å². The second kappa shape index (κ2) is 8.33. The number of ether oxygens (including phenoxy) is 1. The standard InChI is InChI=1S/C18H25NO4S/c1-3-4-12-19(16-11-13-24(21,22)14-16)18(20)10-7-15-5-8-17(23-2)9-6-15/h5-10,16H,3-4,11-14H2,1-2H3/b10-7+/t16-/m0/s1. The maximum atomic E-state index is 12.6. The van der Waals surface area contributed by atoms with Crippen molar-refractivity contribution in [1.29, 1.82) is 0 Å². The zero-order valence-electron chi connectivity index (χ0n) is 14.3. The summed E-state index contributed by atoms with van der Waals surface area (Å²) in [5, 5.41) is 0. The number of hydrogen-bond donors (Lipinski definition) is 0. The van der Waals surface area contributed by atoms with Crippen LogP contribution in [0.2, 0.25) is 0 Å². The fourth-order valence-corrected chi connectivity index (χ4v) is 4.53. The van der Waals surface area contributed by atoms with Gasteiger partial charge in [0.2, 0.25) is 5.91 Å². The minimum Gasteiger partial charge on any atom is -0.497 e. The van der Waals surface area contributed by atoms with Gasteiger partial charge in [0.15, 0.2) is 9.84 Å². The summed E-state index contributed by atoms with van der Waals surface area (Å²) in [6, 6.07) is 7.22. The third-order valence-corrected chi connectivity index (χ3v) is 5.97. The molecular weight excluding hydrogens is 326 g/mol. The van der Waals surface area contributed by atoms with Crippen LogP contribution in [-0.2, 0) is 14.6 Å². The highest BCUT2D eigenvalue weighted by atomic mass is 32.2. The Morgan fingerprint density at radius 2 is 2.04 bits per heavy atom. The predicted molar refractivity (Wildman–Crippen MR) is 95.7 cm³/mol. The van der Waals surface area contributed by atoms with Gasteiger partial charge in [-0.05, 0) is 36.6 Å². The van der Waals surface area contributed by atoms with Crippen molar-refractivity contribution in [3.63, 3.8) is 0 Å². The number of sulfone groups is 1. The Balaban J connectivity index is 2.07. The van der Waals surface area contributed by atoms with E-state index in [0.717, 1.165) is 24.2 Å². The number of carbonyl (C=O) groups is 1. The Morgan fingerprint density at radius 3 is 2.58 bits per heavy atom. The Hall–Kier alpha value is -1.82. The molecule has 0 aromatic heterocycles. The molecule has 132 valence electrons. The lowest BCUT2D eigenvalue weighted by molar-refractivity contribution is -0.127. The van der Waals surface area contributed by atoms with E-state index in [9.17, 15) is 13.2 Å². The zero-order chi connectivity index (χ0) is 17.6. The van der Waals surface area contributed by atoms with Gasteiger partial charge in [-0.3, -0.25) is 4.79 Å². The van der Waals surface area contributed by atoms with E-state index in [-0.39, 0.29) is 23.5 Å². The highest BCUT2D eigenvalue weighted by Crippen LogP contribution is 2.19. The number of amides is 1. The first-order chi connectivity index (χ1) is 11.4. The summed E-state index contributed by atoms with van der Waals surface area (Å²) in [4.78, 5) is 14.3. The average molecular weight is 351 g/mol. The molecule has 1 saturated heterocycles. The van der Waals surface area contributed by atoms with E-state index in [4.69, 9.17) is 4.74 Å². The fraction of sp³-hybridized carbons (Fsp3) is 0.500. The molecule has 1 aromatic rings. The van der Waals surface area contributed by atoms with Crippen LogP contribution in [0.5, 0.6) is 5.75 Å². The van der Waals surface area contributed by atoms with Crippen LogP contribution in [0.15, 0.2) is 30.3 Å². The fourth-order valence-electron chi connectivity index (χ4n) is 2.80. The molecule has 0 N–H and O–H groups in total. The zero-order valence-corrected chi connectivity index (χ0v) is 15.1. The molecule has 0 spiro atoms. The maximum Gasteiger partial charge on any atom is 0.246 e. The van der Waals surface area contributed by atoms with Gasteiger partial charge in [-0.25, -0.2) is 8.42 Å². The lowest BCUT2D eigenvalue weighted by atomic mass is 10.1.